The second-order valence-electron chi connectivity index (χ2n) is 8.84. The van der Waals surface area contributed by atoms with Gasteiger partial charge in [-0.3, -0.25) is 4.79 Å². The van der Waals surface area contributed by atoms with Gasteiger partial charge in [0.2, 0.25) is 0 Å². The van der Waals surface area contributed by atoms with E-state index in [4.69, 9.17) is 22.3 Å². The lowest BCUT2D eigenvalue weighted by molar-refractivity contribution is -0.138. The van der Waals surface area contributed by atoms with E-state index in [0.29, 0.717) is 25.9 Å². The van der Waals surface area contributed by atoms with Crippen molar-refractivity contribution in [3.05, 3.63) is 72.8 Å². The van der Waals surface area contributed by atoms with Crippen molar-refractivity contribution in [2.24, 2.45) is 5.73 Å². The van der Waals surface area contributed by atoms with Crippen LogP contribution in [0.2, 0.25) is 0 Å². The van der Waals surface area contributed by atoms with Crippen LogP contribution in [0, 0.1) is 0 Å². The van der Waals surface area contributed by atoms with E-state index >= 15 is 0 Å². The molecule has 38 heavy (non-hydrogen) atoms. The summed E-state index contributed by atoms with van der Waals surface area (Å²) >= 11 is 0. The SMILES string of the molecule is Nc1ccc(S(=O)(=O)N(CCCC[C@H](N)C(=O)O)S(=O)(=O)c2ccc(N)c3ccccc23)c2ccccc12. The van der Waals surface area contributed by atoms with Crippen LogP contribution in [-0.4, -0.2) is 44.2 Å². The van der Waals surface area contributed by atoms with Crippen LogP contribution in [0.5, 0.6) is 0 Å². The topological polar surface area (TPSA) is 187 Å². The number of rotatable bonds is 10. The molecule has 4 aromatic rings. The molecule has 0 aliphatic rings. The van der Waals surface area contributed by atoms with E-state index in [9.17, 15) is 21.6 Å². The number of carbonyl (C=O) groups is 1. The maximum atomic E-state index is 14.1. The van der Waals surface area contributed by atoms with Crippen molar-refractivity contribution in [2.75, 3.05) is 18.0 Å². The van der Waals surface area contributed by atoms with Gasteiger partial charge in [-0.15, -0.1) is 0 Å². The predicted octanol–water partition coefficient (Wildman–Crippen LogP) is 3.12. The lowest BCUT2D eigenvalue weighted by Crippen LogP contribution is -2.38. The molecule has 0 bridgehead atoms. The Hall–Kier alpha value is -3.71. The second kappa shape index (κ2) is 10.6. The first-order valence-corrected chi connectivity index (χ1v) is 14.6. The fourth-order valence-corrected chi connectivity index (χ4v) is 8.44. The van der Waals surface area contributed by atoms with Crippen LogP contribution in [0.4, 0.5) is 11.4 Å². The minimum Gasteiger partial charge on any atom is -0.480 e. The average molecular weight is 557 g/mol. The number of nitrogen functional groups attached to an aromatic ring is 2. The number of nitrogens with zero attached hydrogens (tertiary/aromatic N) is 1. The van der Waals surface area contributed by atoms with Gasteiger partial charge in [0.1, 0.15) is 6.04 Å². The summed E-state index contributed by atoms with van der Waals surface area (Å²) in [6.45, 7) is -0.422. The van der Waals surface area contributed by atoms with Gasteiger partial charge in [0.25, 0.3) is 20.0 Å². The predicted molar refractivity (Wildman–Crippen MR) is 147 cm³/mol. The fourth-order valence-electron chi connectivity index (χ4n) is 4.36. The summed E-state index contributed by atoms with van der Waals surface area (Å²) in [6, 6.07) is 17.4. The van der Waals surface area contributed by atoms with E-state index in [-0.39, 0.29) is 39.8 Å². The molecular weight excluding hydrogens is 528 g/mol. The minimum atomic E-state index is -4.64. The number of hydrogen-bond acceptors (Lipinski definition) is 8. The maximum absolute atomic E-state index is 14.1. The number of hydrogen-bond donors (Lipinski definition) is 4. The van der Waals surface area contributed by atoms with Crippen molar-refractivity contribution in [3.8, 4) is 0 Å². The van der Waals surface area contributed by atoms with E-state index in [1.165, 1.54) is 24.3 Å². The smallest absolute Gasteiger partial charge is 0.320 e. The first kappa shape index (κ1) is 27.3. The molecule has 1 atom stereocenters. The van der Waals surface area contributed by atoms with E-state index in [1.807, 2.05) is 0 Å². The third kappa shape index (κ3) is 5.03. The van der Waals surface area contributed by atoms with Gasteiger partial charge in [0, 0.05) is 39.5 Å². The Kier molecular flexibility index (Phi) is 7.61. The first-order chi connectivity index (χ1) is 18.0. The van der Waals surface area contributed by atoms with Crippen molar-refractivity contribution in [1.82, 2.24) is 3.71 Å². The second-order valence-corrected chi connectivity index (χ2v) is 12.7. The van der Waals surface area contributed by atoms with Crippen molar-refractivity contribution < 1.29 is 26.7 Å². The molecule has 0 fully saturated rings. The summed E-state index contributed by atoms with van der Waals surface area (Å²) in [5, 5.41) is 10.5. The molecule has 0 aliphatic carbocycles. The largest absolute Gasteiger partial charge is 0.480 e. The molecule has 4 aromatic carbocycles. The Labute approximate surface area is 220 Å². The highest BCUT2D eigenvalue weighted by molar-refractivity contribution is 8.04. The molecule has 0 amide bonds. The lowest BCUT2D eigenvalue weighted by atomic mass is 10.1. The maximum Gasteiger partial charge on any atom is 0.320 e. The Morgan fingerprint density at radius 3 is 1.55 bits per heavy atom. The summed E-state index contributed by atoms with van der Waals surface area (Å²) in [6.07, 6.45) is 0.304. The normalized spacial score (nSPS) is 13.2. The molecular formula is C26H28N4O6S2. The molecule has 0 heterocycles. The standard InChI is InChI=1S/C26H28N4O6S2/c27-21-12-14-24(19-9-3-1-7-17(19)21)37(33,34)30(16-6-5-11-23(29)26(31)32)38(35,36)25-15-13-22(28)18-8-2-4-10-20(18)25/h1-4,7-10,12-15,23H,5-6,11,16,27-29H2,(H,31,32)/t23-/m0/s1. The Balaban J connectivity index is 1.86. The third-order valence-electron chi connectivity index (χ3n) is 6.35. The van der Waals surface area contributed by atoms with Gasteiger partial charge in [-0.2, -0.15) is 0 Å². The highest BCUT2D eigenvalue weighted by Crippen LogP contribution is 2.35. The monoisotopic (exact) mass is 556 g/mol. The molecule has 12 heteroatoms. The van der Waals surface area contributed by atoms with Gasteiger partial charge in [-0.1, -0.05) is 52.2 Å². The van der Waals surface area contributed by atoms with Crippen LogP contribution in [-0.2, 0) is 24.8 Å². The van der Waals surface area contributed by atoms with Crippen LogP contribution < -0.4 is 17.2 Å². The third-order valence-corrected chi connectivity index (χ3v) is 10.8. The molecule has 0 aromatic heterocycles. The number of fused-ring (bicyclic) bond motifs is 2. The highest BCUT2D eigenvalue weighted by Gasteiger charge is 2.38. The van der Waals surface area contributed by atoms with Gasteiger partial charge >= 0.3 is 5.97 Å². The van der Waals surface area contributed by atoms with Crippen LogP contribution >= 0.6 is 0 Å². The summed E-state index contributed by atoms with van der Waals surface area (Å²) in [4.78, 5) is 10.6. The Morgan fingerprint density at radius 2 is 1.13 bits per heavy atom. The summed E-state index contributed by atoms with van der Waals surface area (Å²) in [7, 11) is -9.27. The number of anilines is 2. The molecule has 200 valence electrons. The molecule has 0 aliphatic heterocycles. The Morgan fingerprint density at radius 1 is 0.711 bits per heavy atom. The molecule has 10 nitrogen and oxygen atoms in total. The lowest BCUT2D eigenvalue weighted by Gasteiger charge is -2.24. The van der Waals surface area contributed by atoms with Crippen molar-refractivity contribution in [2.45, 2.75) is 35.1 Å². The first-order valence-electron chi connectivity index (χ1n) is 11.8. The van der Waals surface area contributed by atoms with E-state index in [2.05, 4.69) is 0 Å². The van der Waals surface area contributed by atoms with E-state index in [1.54, 1.807) is 48.5 Å². The Bertz CT molecular complexity index is 1620. The molecule has 0 saturated heterocycles. The quantitative estimate of drug-likeness (QED) is 0.168. The zero-order chi connectivity index (χ0) is 27.7. The van der Waals surface area contributed by atoms with Gasteiger partial charge < -0.3 is 22.3 Å². The van der Waals surface area contributed by atoms with Gasteiger partial charge in [-0.25, -0.2) is 16.8 Å². The minimum absolute atomic E-state index is 0.0544. The molecule has 0 radical (unpaired) electrons. The van der Waals surface area contributed by atoms with Crippen molar-refractivity contribution in [1.29, 1.82) is 0 Å². The number of carboxylic acids is 1. The van der Waals surface area contributed by atoms with Crippen LogP contribution in [0.1, 0.15) is 19.3 Å². The summed E-state index contributed by atoms with van der Waals surface area (Å²) in [5.74, 6) is -1.19. The number of carboxylic acid groups (broad SMARTS) is 1. The zero-order valence-electron chi connectivity index (χ0n) is 20.3. The van der Waals surface area contributed by atoms with E-state index < -0.39 is 38.6 Å². The summed E-state index contributed by atoms with van der Waals surface area (Å²) in [5.41, 5.74) is 18.4. The van der Waals surface area contributed by atoms with Gasteiger partial charge in [0.15, 0.2) is 0 Å². The number of unbranched alkanes of at least 4 members (excludes halogenated alkanes) is 1. The van der Waals surface area contributed by atoms with Crippen molar-refractivity contribution in [3.63, 3.8) is 0 Å². The number of aliphatic carboxylic acids is 1. The molecule has 4 rings (SSSR count). The summed E-state index contributed by atoms with van der Waals surface area (Å²) < 4.78 is 56.8. The zero-order valence-corrected chi connectivity index (χ0v) is 22.0. The highest BCUT2D eigenvalue weighted by atomic mass is 32.3. The molecule has 7 N–H and O–H groups in total. The van der Waals surface area contributed by atoms with Gasteiger partial charge in [-0.05, 0) is 43.5 Å². The van der Waals surface area contributed by atoms with E-state index in [0.717, 1.165) is 0 Å². The fraction of sp³-hybridized carbons (Fsp3) is 0.192. The average Bonchev–Trinajstić information content (AvgIpc) is 2.88. The van der Waals surface area contributed by atoms with Gasteiger partial charge in [0.05, 0.1) is 9.79 Å². The molecule has 0 spiro atoms. The molecule has 0 unspecified atom stereocenters. The number of nitrogens with two attached hydrogens (primary N) is 3. The van der Waals surface area contributed by atoms with Crippen LogP contribution in [0.25, 0.3) is 21.5 Å². The van der Waals surface area contributed by atoms with Crippen LogP contribution in [0.3, 0.4) is 0 Å². The van der Waals surface area contributed by atoms with Crippen molar-refractivity contribution >= 4 is 58.9 Å². The molecule has 0 saturated carbocycles. The number of benzene rings is 4. The van der Waals surface area contributed by atoms with Crippen LogP contribution in [0.15, 0.2) is 82.6 Å². The number of sulfonamides is 2.